The molecule has 1 fully saturated rings. The molecule has 2 aromatic carbocycles. The fraction of sp³-hybridized carbons (Fsp3) is 0.250. The summed E-state index contributed by atoms with van der Waals surface area (Å²) in [5, 5.41) is 2.94. The Morgan fingerprint density at radius 1 is 1.00 bits per heavy atom. The normalized spacial score (nSPS) is 15.0. The van der Waals surface area contributed by atoms with E-state index in [1.807, 2.05) is 31.2 Å². The van der Waals surface area contributed by atoms with E-state index in [4.69, 9.17) is 11.6 Å². The summed E-state index contributed by atoms with van der Waals surface area (Å²) in [5.74, 6) is -0.651. The Hall–Kier alpha value is -3.30. The lowest BCUT2D eigenvalue weighted by Gasteiger charge is -2.13. The van der Waals surface area contributed by atoms with Gasteiger partial charge in [-0.2, -0.15) is 0 Å². The first-order valence-corrected chi connectivity index (χ1v) is 12.0. The topological polar surface area (TPSA) is 93.4 Å². The van der Waals surface area contributed by atoms with Gasteiger partial charge in [0.05, 0.1) is 15.9 Å². The molecule has 1 aliphatic rings. The third-order valence-corrected chi connectivity index (χ3v) is 6.66. The van der Waals surface area contributed by atoms with Gasteiger partial charge >= 0.3 is 5.69 Å². The lowest BCUT2D eigenvalue weighted by Crippen LogP contribution is -2.37. The van der Waals surface area contributed by atoms with Crippen molar-refractivity contribution in [3.63, 3.8) is 0 Å². The number of thioether (sulfide) groups is 1. The number of halogens is 1. The minimum absolute atomic E-state index is 0.0729. The van der Waals surface area contributed by atoms with Gasteiger partial charge in [-0.3, -0.25) is 28.4 Å². The smallest absolute Gasteiger partial charge is 0.329 e. The quantitative estimate of drug-likeness (QED) is 0.478. The number of carbonyl (C=O) groups excluding carboxylic acids is 3. The van der Waals surface area contributed by atoms with Crippen LogP contribution < -0.4 is 11.0 Å². The Morgan fingerprint density at radius 3 is 2.35 bits per heavy atom. The average Bonchev–Trinajstić information content (AvgIpc) is 3.25. The summed E-state index contributed by atoms with van der Waals surface area (Å²) in [6.07, 6.45) is 1.75. The van der Waals surface area contributed by atoms with E-state index in [1.54, 1.807) is 39.5 Å². The molecule has 3 amide bonds. The molecule has 1 aliphatic heterocycles. The number of rotatable bonds is 8. The van der Waals surface area contributed by atoms with Crippen molar-refractivity contribution >= 4 is 57.5 Å². The summed E-state index contributed by atoms with van der Waals surface area (Å²) in [6, 6.07) is 14.4. The maximum atomic E-state index is 12.7. The lowest BCUT2D eigenvalue weighted by atomic mass is 10.2. The first-order valence-electron chi connectivity index (χ1n) is 10.8. The second-order valence-corrected chi connectivity index (χ2v) is 9.08. The molecule has 34 heavy (non-hydrogen) atoms. The third kappa shape index (κ3) is 4.95. The molecule has 176 valence electrons. The number of para-hydroxylation sites is 2. The third-order valence-electron chi connectivity index (χ3n) is 5.50. The van der Waals surface area contributed by atoms with Crippen molar-refractivity contribution in [2.24, 2.45) is 0 Å². The Balaban J connectivity index is 1.31. The monoisotopic (exact) mass is 498 g/mol. The second-order valence-electron chi connectivity index (χ2n) is 7.65. The number of benzene rings is 2. The number of hydrogen-bond donors (Lipinski definition) is 1. The van der Waals surface area contributed by atoms with Crippen LogP contribution in [-0.2, 0) is 22.7 Å². The van der Waals surface area contributed by atoms with E-state index in [9.17, 15) is 19.2 Å². The van der Waals surface area contributed by atoms with Crippen molar-refractivity contribution in [2.45, 2.75) is 26.4 Å². The maximum absolute atomic E-state index is 12.7. The summed E-state index contributed by atoms with van der Waals surface area (Å²) in [5.41, 5.74) is 2.23. The van der Waals surface area contributed by atoms with Crippen LogP contribution in [0.3, 0.4) is 0 Å². The average molecular weight is 499 g/mol. The van der Waals surface area contributed by atoms with E-state index in [0.29, 0.717) is 16.5 Å². The highest BCUT2D eigenvalue weighted by molar-refractivity contribution is 8.18. The van der Waals surface area contributed by atoms with Crippen LogP contribution in [0.4, 0.5) is 4.79 Å². The highest BCUT2D eigenvalue weighted by Gasteiger charge is 2.34. The summed E-state index contributed by atoms with van der Waals surface area (Å²) in [6.45, 7) is 2.90. The zero-order chi connectivity index (χ0) is 24.2. The van der Waals surface area contributed by atoms with E-state index in [-0.39, 0.29) is 42.9 Å². The minimum atomic E-state index is -0.391. The predicted molar refractivity (Wildman–Crippen MR) is 134 cm³/mol. The number of nitrogens with zero attached hydrogens (tertiary/aromatic N) is 3. The van der Waals surface area contributed by atoms with Crippen LogP contribution in [0.5, 0.6) is 0 Å². The van der Waals surface area contributed by atoms with Crippen LogP contribution in [0.2, 0.25) is 5.02 Å². The van der Waals surface area contributed by atoms with Crippen molar-refractivity contribution in [1.29, 1.82) is 0 Å². The summed E-state index contributed by atoms with van der Waals surface area (Å²) in [4.78, 5) is 51.3. The molecular weight excluding hydrogens is 476 g/mol. The summed E-state index contributed by atoms with van der Waals surface area (Å²) < 4.78 is 3.26. The molecule has 2 heterocycles. The van der Waals surface area contributed by atoms with E-state index in [0.717, 1.165) is 33.3 Å². The van der Waals surface area contributed by atoms with Gasteiger partial charge in [0, 0.05) is 37.6 Å². The Morgan fingerprint density at radius 2 is 1.68 bits per heavy atom. The first-order chi connectivity index (χ1) is 16.4. The molecule has 0 atom stereocenters. The molecule has 0 aliphatic carbocycles. The van der Waals surface area contributed by atoms with Crippen LogP contribution in [0.25, 0.3) is 17.1 Å². The molecule has 0 unspecified atom stereocenters. The van der Waals surface area contributed by atoms with Gasteiger partial charge in [0.25, 0.3) is 11.1 Å². The van der Waals surface area contributed by atoms with Crippen LogP contribution in [0, 0.1) is 0 Å². The van der Waals surface area contributed by atoms with Crippen molar-refractivity contribution in [3.8, 4) is 0 Å². The molecule has 1 saturated heterocycles. The first kappa shape index (κ1) is 23.8. The highest BCUT2D eigenvalue weighted by Crippen LogP contribution is 2.32. The molecule has 3 aromatic rings. The van der Waals surface area contributed by atoms with Crippen molar-refractivity contribution in [1.82, 2.24) is 19.4 Å². The highest BCUT2D eigenvalue weighted by atomic mass is 35.5. The molecular formula is C24H23ClN4O4S. The van der Waals surface area contributed by atoms with E-state index in [1.165, 1.54) is 0 Å². The number of aryl methyl sites for hydroxylation is 2. The molecule has 0 spiro atoms. The van der Waals surface area contributed by atoms with Gasteiger partial charge in [0.15, 0.2) is 0 Å². The van der Waals surface area contributed by atoms with Gasteiger partial charge in [-0.15, -0.1) is 0 Å². The Kier molecular flexibility index (Phi) is 7.23. The zero-order valence-electron chi connectivity index (χ0n) is 18.5. The van der Waals surface area contributed by atoms with Gasteiger partial charge in [-0.05, 0) is 54.6 Å². The van der Waals surface area contributed by atoms with Crippen LogP contribution in [0.15, 0.2) is 58.2 Å². The number of hydrogen-bond acceptors (Lipinski definition) is 5. The molecule has 0 saturated carbocycles. The SMILES string of the molecule is CCn1c(=O)n(CCC(=O)NCCN2C(=O)S/C(=C/c3ccc(Cl)cc3)C2=O)c2ccccc21. The maximum Gasteiger partial charge on any atom is 0.329 e. The van der Waals surface area contributed by atoms with Crippen LogP contribution in [-0.4, -0.2) is 44.2 Å². The molecule has 4 rings (SSSR count). The zero-order valence-corrected chi connectivity index (χ0v) is 20.1. The van der Waals surface area contributed by atoms with Crippen LogP contribution >= 0.6 is 23.4 Å². The number of carbonyl (C=O) groups is 3. The fourth-order valence-electron chi connectivity index (χ4n) is 3.81. The van der Waals surface area contributed by atoms with Crippen molar-refractivity contribution in [3.05, 3.63) is 74.5 Å². The second kappa shape index (κ2) is 10.3. The predicted octanol–water partition coefficient (Wildman–Crippen LogP) is 3.72. The van der Waals surface area contributed by atoms with E-state index >= 15 is 0 Å². The van der Waals surface area contributed by atoms with E-state index < -0.39 is 5.91 Å². The molecule has 0 bridgehead atoms. The molecule has 8 nitrogen and oxygen atoms in total. The molecule has 0 radical (unpaired) electrons. The lowest BCUT2D eigenvalue weighted by molar-refractivity contribution is -0.124. The van der Waals surface area contributed by atoms with Gasteiger partial charge in [0.2, 0.25) is 5.91 Å². The number of imide groups is 1. The van der Waals surface area contributed by atoms with Gasteiger partial charge in [-0.1, -0.05) is 35.9 Å². The van der Waals surface area contributed by atoms with Crippen molar-refractivity contribution < 1.29 is 14.4 Å². The standard InChI is InChI=1S/C24H23ClN4O4S/c1-2-27-18-5-3-4-6-19(18)28(23(27)32)13-11-21(30)26-12-14-29-22(31)20(34-24(29)33)15-16-7-9-17(25)10-8-16/h3-10,15H,2,11-14H2,1H3,(H,26,30)/b20-15+. The number of aromatic nitrogens is 2. The van der Waals surface area contributed by atoms with Crippen molar-refractivity contribution in [2.75, 3.05) is 13.1 Å². The number of fused-ring (bicyclic) bond motifs is 1. The minimum Gasteiger partial charge on any atom is -0.354 e. The molecule has 10 heteroatoms. The Labute approximate surface area is 205 Å². The fourth-order valence-corrected chi connectivity index (χ4v) is 4.80. The van der Waals surface area contributed by atoms with Gasteiger partial charge < -0.3 is 5.32 Å². The summed E-state index contributed by atoms with van der Waals surface area (Å²) in [7, 11) is 0. The number of imidazole rings is 1. The Bertz CT molecular complexity index is 1340. The van der Waals surface area contributed by atoms with Gasteiger partial charge in [-0.25, -0.2) is 4.79 Å². The number of amides is 3. The number of nitrogens with one attached hydrogen (secondary N) is 1. The molecule has 1 N–H and O–H groups in total. The molecule has 1 aromatic heterocycles. The summed E-state index contributed by atoms with van der Waals surface area (Å²) >= 11 is 6.74. The van der Waals surface area contributed by atoms with E-state index in [2.05, 4.69) is 5.32 Å². The van der Waals surface area contributed by atoms with Gasteiger partial charge in [0.1, 0.15) is 0 Å². The largest absolute Gasteiger partial charge is 0.354 e. The van der Waals surface area contributed by atoms with Crippen LogP contribution in [0.1, 0.15) is 18.9 Å².